The van der Waals surface area contributed by atoms with Gasteiger partial charge in [0.15, 0.2) is 0 Å². The molecule has 1 saturated heterocycles. The molecular weight excluding hydrogens is 402 g/mol. The van der Waals surface area contributed by atoms with Crippen LogP contribution in [0, 0.1) is 0 Å². The number of amides is 2. The summed E-state index contributed by atoms with van der Waals surface area (Å²) in [5.74, 6) is -0.378. The van der Waals surface area contributed by atoms with Crippen LogP contribution < -0.4 is 5.32 Å². The highest BCUT2D eigenvalue weighted by Gasteiger charge is 2.26. The minimum atomic E-state index is -0.276. The van der Waals surface area contributed by atoms with Gasteiger partial charge in [-0.1, -0.05) is 29.8 Å². The molecule has 0 aliphatic carbocycles. The zero-order valence-corrected chi connectivity index (χ0v) is 16.9. The van der Waals surface area contributed by atoms with Gasteiger partial charge in [0.05, 0.1) is 18.7 Å². The number of benzene rings is 2. The van der Waals surface area contributed by atoms with Gasteiger partial charge in [-0.25, -0.2) is 0 Å². The molecule has 30 heavy (non-hydrogen) atoms. The molecule has 3 aromatic rings. The lowest BCUT2D eigenvalue weighted by molar-refractivity contribution is -0.0228. The molecule has 7 heteroatoms. The number of hydrogen-bond acceptors (Lipinski definition) is 4. The van der Waals surface area contributed by atoms with E-state index in [1.54, 1.807) is 47.5 Å². The molecule has 1 aromatic heterocycles. The number of aromatic nitrogens is 1. The molecule has 1 aliphatic rings. The van der Waals surface area contributed by atoms with Crippen molar-refractivity contribution in [1.82, 2.24) is 9.88 Å². The fourth-order valence-corrected chi connectivity index (χ4v) is 3.45. The Morgan fingerprint density at radius 1 is 1.07 bits per heavy atom. The summed E-state index contributed by atoms with van der Waals surface area (Å²) < 4.78 is 5.85. The van der Waals surface area contributed by atoms with Crippen LogP contribution in [0.15, 0.2) is 73.1 Å². The average Bonchev–Trinajstić information content (AvgIpc) is 2.80. The molecule has 2 aromatic carbocycles. The highest BCUT2D eigenvalue weighted by atomic mass is 35.5. The molecule has 2 heterocycles. The summed E-state index contributed by atoms with van der Waals surface area (Å²) in [6.45, 7) is 1.42. The molecule has 152 valence electrons. The van der Waals surface area contributed by atoms with Gasteiger partial charge in [-0.05, 0) is 48.0 Å². The Kier molecular flexibility index (Phi) is 6.07. The summed E-state index contributed by atoms with van der Waals surface area (Å²) in [7, 11) is 0. The number of carbonyl (C=O) groups excluding carboxylic acids is 2. The molecule has 0 bridgehead atoms. The van der Waals surface area contributed by atoms with Crippen LogP contribution in [-0.4, -0.2) is 41.4 Å². The Bertz CT molecular complexity index is 1040. The lowest BCUT2D eigenvalue weighted by Crippen LogP contribution is -2.42. The number of pyridine rings is 1. The third-order valence-corrected chi connectivity index (χ3v) is 5.14. The molecule has 1 N–H and O–H groups in total. The molecule has 2 amide bonds. The highest BCUT2D eigenvalue weighted by Crippen LogP contribution is 2.25. The zero-order valence-electron chi connectivity index (χ0n) is 16.1. The Morgan fingerprint density at radius 2 is 1.87 bits per heavy atom. The molecule has 6 nitrogen and oxygen atoms in total. The highest BCUT2D eigenvalue weighted by molar-refractivity contribution is 6.30. The number of nitrogens with one attached hydrogen (secondary N) is 1. The van der Waals surface area contributed by atoms with Crippen LogP contribution in [0.5, 0.6) is 0 Å². The van der Waals surface area contributed by atoms with Crippen LogP contribution in [0.2, 0.25) is 5.02 Å². The summed E-state index contributed by atoms with van der Waals surface area (Å²) in [6.07, 6.45) is 2.90. The number of morpholine rings is 1. The number of ether oxygens (including phenoxy) is 1. The lowest BCUT2D eigenvalue weighted by Gasteiger charge is -2.33. The van der Waals surface area contributed by atoms with Gasteiger partial charge in [0.1, 0.15) is 6.10 Å². The van der Waals surface area contributed by atoms with E-state index in [0.29, 0.717) is 41.5 Å². The van der Waals surface area contributed by atoms with E-state index in [0.717, 1.165) is 5.56 Å². The molecule has 0 saturated carbocycles. The van der Waals surface area contributed by atoms with E-state index in [1.165, 1.54) is 6.20 Å². The minimum Gasteiger partial charge on any atom is -0.370 e. The second kappa shape index (κ2) is 9.07. The van der Waals surface area contributed by atoms with Crippen molar-refractivity contribution >= 4 is 29.1 Å². The largest absolute Gasteiger partial charge is 0.370 e. The number of carbonyl (C=O) groups is 2. The fraction of sp³-hybridized carbons (Fsp3) is 0.174. The van der Waals surface area contributed by atoms with E-state index in [4.69, 9.17) is 16.3 Å². The SMILES string of the molecule is O=C(Nc1cccc(C(=O)N2CCOC(c3ccc(Cl)cc3)C2)c1)c1cccnc1. The van der Waals surface area contributed by atoms with Crippen LogP contribution >= 0.6 is 11.6 Å². The molecule has 1 aliphatic heterocycles. The maximum absolute atomic E-state index is 13.1. The summed E-state index contributed by atoms with van der Waals surface area (Å²) in [5.41, 5.74) is 2.50. The van der Waals surface area contributed by atoms with Crippen LogP contribution in [-0.2, 0) is 4.74 Å². The summed E-state index contributed by atoms with van der Waals surface area (Å²) in [5, 5.41) is 3.47. The van der Waals surface area contributed by atoms with Crippen LogP contribution in [0.1, 0.15) is 32.4 Å². The Morgan fingerprint density at radius 3 is 2.63 bits per heavy atom. The van der Waals surface area contributed by atoms with Crippen molar-refractivity contribution in [2.45, 2.75) is 6.10 Å². The van der Waals surface area contributed by atoms with Gasteiger partial charge in [0.2, 0.25) is 0 Å². The topological polar surface area (TPSA) is 71.5 Å². The van der Waals surface area contributed by atoms with Gasteiger partial charge < -0.3 is 15.0 Å². The molecule has 0 spiro atoms. The fourth-order valence-electron chi connectivity index (χ4n) is 3.33. The summed E-state index contributed by atoms with van der Waals surface area (Å²) >= 11 is 5.96. The van der Waals surface area contributed by atoms with Gasteiger partial charge in [-0.3, -0.25) is 14.6 Å². The molecule has 0 radical (unpaired) electrons. The van der Waals surface area contributed by atoms with Gasteiger partial charge in [0.25, 0.3) is 11.8 Å². The number of hydrogen-bond donors (Lipinski definition) is 1. The quantitative estimate of drug-likeness (QED) is 0.685. The van der Waals surface area contributed by atoms with Crippen molar-refractivity contribution in [3.05, 3.63) is 94.8 Å². The normalized spacial score (nSPS) is 16.2. The first-order valence-corrected chi connectivity index (χ1v) is 9.96. The smallest absolute Gasteiger partial charge is 0.257 e. The molecule has 1 fully saturated rings. The van der Waals surface area contributed by atoms with Crippen LogP contribution in [0.4, 0.5) is 5.69 Å². The first-order valence-electron chi connectivity index (χ1n) is 9.58. The molecule has 1 unspecified atom stereocenters. The number of nitrogens with zero attached hydrogens (tertiary/aromatic N) is 2. The van der Waals surface area contributed by atoms with E-state index < -0.39 is 0 Å². The first-order chi connectivity index (χ1) is 14.6. The van der Waals surface area contributed by atoms with Gasteiger partial charge in [0, 0.05) is 35.2 Å². The third-order valence-electron chi connectivity index (χ3n) is 4.89. The number of anilines is 1. The average molecular weight is 422 g/mol. The van der Waals surface area contributed by atoms with Gasteiger partial charge in [-0.15, -0.1) is 0 Å². The van der Waals surface area contributed by atoms with Crippen molar-refractivity contribution in [1.29, 1.82) is 0 Å². The number of halogens is 1. The van der Waals surface area contributed by atoms with E-state index in [1.807, 2.05) is 24.3 Å². The summed E-state index contributed by atoms with van der Waals surface area (Å²) in [6, 6.07) is 17.8. The molecule has 1 atom stereocenters. The van der Waals surface area contributed by atoms with Gasteiger partial charge in [-0.2, -0.15) is 0 Å². The third kappa shape index (κ3) is 4.67. The van der Waals surface area contributed by atoms with Crippen molar-refractivity contribution in [3.8, 4) is 0 Å². The Labute approximate surface area is 179 Å². The number of rotatable bonds is 4. The summed E-state index contributed by atoms with van der Waals surface area (Å²) in [4.78, 5) is 31.1. The standard InChI is InChI=1S/C23H20ClN3O3/c24-19-8-6-16(7-9-19)21-15-27(11-12-30-21)23(29)17-3-1-5-20(13-17)26-22(28)18-4-2-10-25-14-18/h1-10,13-14,21H,11-12,15H2,(H,26,28). The predicted octanol–water partition coefficient (Wildman–Crippen LogP) is 4.20. The maximum Gasteiger partial charge on any atom is 0.257 e. The Hall–Kier alpha value is -3.22. The first kappa shape index (κ1) is 20.1. The van der Waals surface area contributed by atoms with Crippen molar-refractivity contribution in [2.75, 3.05) is 25.0 Å². The van der Waals surface area contributed by atoms with E-state index in [9.17, 15) is 9.59 Å². The maximum atomic E-state index is 13.1. The van der Waals surface area contributed by atoms with Crippen LogP contribution in [0.25, 0.3) is 0 Å². The second-order valence-electron chi connectivity index (χ2n) is 6.94. The van der Waals surface area contributed by atoms with Crippen molar-refractivity contribution < 1.29 is 14.3 Å². The second-order valence-corrected chi connectivity index (χ2v) is 7.38. The minimum absolute atomic E-state index is 0.102. The zero-order chi connectivity index (χ0) is 20.9. The van der Waals surface area contributed by atoms with E-state index in [2.05, 4.69) is 10.3 Å². The predicted molar refractivity (Wildman–Crippen MR) is 115 cm³/mol. The van der Waals surface area contributed by atoms with E-state index in [-0.39, 0.29) is 17.9 Å². The molecule has 4 rings (SSSR count). The van der Waals surface area contributed by atoms with E-state index >= 15 is 0 Å². The monoisotopic (exact) mass is 421 g/mol. The van der Waals surface area contributed by atoms with Crippen molar-refractivity contribution in [2.24, 2.45) is 0 Å². The van der Waals surface area contributed by atoms with Crippen molar-refractivity contribution in [3.63, 3.8) is 0 Å². The Balaban J connectivity index is 1.46. The van der Waals surface area contributed by atoms with Gasteiger partial charge >= 0.3 is 0 Å². The lowest BCUT2D eigenvalue weighted by atomic mass is 10.1. The van der Waals surface area contributed by atoms with Crippen LogP contribution in [0.3, 0.4) is 0 Å². The molecular formula is C23H20ClN3O3.